The van der Waals surface area contributed by atoms with Crippen LogP contribution in [0.1, 0.15) is 28.9 Å². The van der Waals surface area contributed by atoms with Crippen LogP contribution in [-0.2, 0) is 11.3 Å². The molecule has 1 amide bonds. The Morgan fingerprint density at radius 2 is 2.45 bits per heavy atom. The third kappa shape index (κ3) is 3.23. The topological polar surface area (TPSA) is 55.3 Å². The maximum absolute atomic E-state index is 12.5. The van der Waals surface area contributed by atoms with Crippen LogP contribution >= 0.6 is 22.9 Å². The van der Waals surface area contributed by atoms with Crippen molar-refractivity contribution in [2.45, 2.75) is 25.5 Å². The molecule has 0 N–H and O–H groups in total. The van der Waals surface area contributed by atoms with Crippen molar-refractivity contribution in [3.8, 4) is 0 Å². The Bertz CT molecular complexity index is 536. The molecule has 1 fully saturated rings. The van der Waals surface area contributed by atoms with Gasteiger partial charge in [-0.1, -0.05) is 4.49 Å². The molecule has 1 aliphatic rings. The van der Waals surface area contributed by atoms with Crippen molar-refractivity contribution >= 4 is 28.8 Å². The van der Waals surface area contributed by atoms with E-state index in [1.165, 1.54) is 11.5 Å². The second-order valence-electron chi connectivity index (χ2n) is 4.74. The van der Waals surface area contributed by atoms with E-state index in [1.54, 1.807) is 16.7 Å². The predicted octanol–water partition coefficient (Wildman–Crippen LogP) is 2.42. The monoisotopic (exact) mass is 309 g/mol. The van der Waals surface area contributed by atoms with Gasteiger partial charge in [0.05, 0.1) is 6.10 Å². The Hall–Kier alpha value is -1.31. The van der Waals surface area contributed by atoms with Crippen molar-refractivity contribution in [3.05, 3.63) is 33.5 Å². The molecule has 20 heavy (non-hydrogen) atoms. The summed E-state index contributed by atoms with van der Waals surface area (Å²) in [5, 5.41) is 9.66. The van der Waals surface area contributed by atoms with E-state index in [0.717, 1.165) is 25.0 Å². The van der Waals surface area contributed by atoms with Crippen molar-refractivity contribution in [1.29, 1.82) is 0 Å². The van der Waals surface area contributed by atoms with Gasteiger partial charge < -0.3 is 9.64 Å². The summed E-state index contributed by atoms with van der Waals surface area (Å²) in [5.41, 5.74) is 1.56. The van der Waals surface area contributed by atoms with Crippen LogP contribution in [0, 0.1) is 0 Å². The van der Waals surface area contributed by atoms with Gasteiger partial charge >= 0.3 is 0 Å². The number of ether oxygens (including phenoxy) is 1. The predicted molar refractivity (Wildman–Crippen MR) is 77.9 cm³/mol. The Kier molecular flexibility index (Phi) is 4.39. The molecule has 2 aromatic rings. The first kappa shape index (κ1) is 13.7. The summed E-state index contributed by atoms with van der Waals surface area (Å²) in [7, 11) is 0. The molecule has 0 saturated carbocycles. The normalized spacial score (nSPS) is 18.3. The van der Waals surface area contributed by atoms with Crippen molar-refractivity contribution in [2.24, 2.45) is 0 Å². The van der Waals surface area contributed by atoms with E-state index in [-0.39, 0.29) is 12.0 Å². The van der Waals surface area contributed by atoms with Crippen LogP contribution in [0.4, 0.5) is 0 Å². The average molecular weight is 309 g/mol. The number of carbonyl (C=O) groups is 1. The quantitative estimate of drug-likeness (QED) is 0.851. The van der Waals surface area contributed by atoms with Crippen LogP contribution in [0.15, 0.2) is 22.2 Å². The van der Waals surface area contributed by atoms with Gasteiger partial charge in [0.1, 0.15) is 0 Å². The SMILES string of the molecule is O=C(c1csnn1)N(Cc1ccsc1)C[C@@H]1CCCO1. The van der Waals surface area contributed by atoms with Gasteiger partial charge in [0, 0.05) is 25.1 Å². The number of rotatable bonds is 5. The zero-order valence-electron chi connectivity index (χ0n) is 10.9. The molecule has 106 valence electrons. The third-order valence-corrected chi connectivity index (χ3v) is 4.50. The highest BCUT2D eigenvalue weighted by Crippen LogP contribution is 2.18. The Morgan fingerprint density at radius 3 is 3.10 bits per heavy atom. The lowest BCUT2D eigenvalue weighted by Gasteiger charge is -2.24. The molecule has 0 aliphatic carbocycles. The fraction of sp³-hybridized carbons (Fsp3) is 0.462. The molecule has 0 bridgehead atoms. The van der Waals surface area contributed by atoms with E-state index < -0.39 is 0 Å². The molecule has 5 nitrogen and oxygen atoms in total. The minimum Gasteiger partial charge on any atom is -0.376 e. The van der Waals surface area contributed by atoms with Crippen molar-refractivity contribution < 1.29 is 9.53 Å². The summed E-state index contributed by atoms with van der Waals surface area (Å²) >= 11 is 2.84. The van der Waals surface area contributed by atoms with E-state index in [9.17, 15) is 4.79 Å². The molecular formula is C13H15N3O2S2. The van der Waals surface area contributed by atoms with Gasteiger partial charge in [0.25, 0.3) is 5.91 Å². The number of carbonyl (C=O) groups excluding carboxylic acids is 1. The van der Waals surface area contributed by atoms with E-state index in [4.69, 9.17) is 4.74 Å². The van der Waals surface area contributed by atoms with Crippen LogP contribution in [0.25, 0.3) is 0 Å². The van der Waals surface area contributed by atoms with Gasteiger partial charge in [-0.15, -0.1) is 5.10 Å². The lowest BCUT2D eigenvalue weighted by Crippen LogP contribution is -2.37. The summed E-state index contributed by atoms with van der Waals surface area (Å²) in [5.74, 6) is -0.0690. The first-order chi connectivity index (χ1) is 9.83. The summed E-state index contributed by atoms with van der Waals surface area (Å²) in [4.78, 5) is 14.3. The van der Waals surface area contributed by atoms with Gasteiger partial charge in [0.2, 0.25) is 0 Å². The Labute approximate surface area is 125 Å². The average Bonchev–Trinajstić information content (AvgIpc) is 3.20. The van der Waals surface area contributed by atoms with Crippen LogP contribution in [0.5, 0.6) is 0 Å². The van der Waals surface area contributed by atoms with E-state index >= 15 is 0 Å². The van der Waals surface area contributed by atoms with Crippen molar-refractivity contribution in [1.82, 2.24) is 14.5 Å². The fourth-order valence-corrected chi connectivity index (χ4v) is 3.37. The smallest absolute Gasteiger partial charge is 0.275 e. The number of thiophene rings is 1. The molecule has 0 spiro atoms. The van der Waals surface area contributed by atoms with E-state index in [0.29, 0.717) is 18.8 Å². The highest BCUT2D eigenvalue weighted by atomic mass is 32.1. The summed E-state index contributed by atoms with van der Waals surface area (Å²) in [6.45, 7) is 2.01. The summed E-state index contributed by atoms with van der Waals surface area (Å²) < 4.78 is 9.41. The summed E-state index contributed by atoms with van der Waals surface area (Å²) in [6, 6.07) is 2.04. The Balaban J connectivity index is 1.73. The number of hydrogen-bond acceptors (Lipinski definition) is 6. The molecule has 3 rings (SSSR count). The van der Waals surface area contributed by atoms with Gasteiger partial charge in [-0.05, 0) is 46.8 Å². The van der Waals surface area contributed by atoms with Crippen molar-refractivity contribution in [2.75, 3.05) is 13.2 Å². The fourth-order valence-electron chi connectivity index (χ4n) is 2.28. The molecule has 7 heteroatoms. The molecule has 0 radical (unpaired) electrons. The lowest BCUT2D eigenvalue weighted by molar-refractivity contribution is 0.0503. The zero-order chi connectivity index (χ0) is 13.8. The Morgan fingerprint density at radius 1 is 1.50 bits per heavy atom. The van der Waals surface area contributed by atoms with Crippen LogP contribution in [-0.4, -0.2) is 39.6 Å². The van der Waals surface area contributed by atoms with Crippen molar-refractivity contribution in [3.63, 3.8) is 0 Å². The standard InChI is InChI=1S/C13H15N3O2S2/c17-13(12-9-20-15-14-12)16(6-10-3-5-19-8-10)7-11-2-1-4-18-11/h3,5,8-9,11H,1-2,4,6-7H2/t11-/m0/s1. The van der Waals surface area contributed by atoms with Crippen LogP contribution in [0.3, 0.4) is 0 Å². The first-order valence-corrected chi connectivity index (χ1v) is 8.30. The van der Waals surface area contributed by atoms with Gasteiger partial charge in [-0.2, -0.15) is 11.3 Å². The maximum atomic E-state index is 12.5. The molecule has 2 aromatic heterocycles. The largest absolute Gasteiger partial charge is 0.376 e. The number of hydrogen-bond donors (Lipinski definition) is 0. The molecule has 3 heterocycles. The third-order valence-electron chi connectivity index (χ3n) is 3.27. The molecule has 0 unspecified atom stereocenters. The zero-order valence-corrected chi connectivity index (χ0v) is 12.5. The van der Waals surface area contributed by atoms with Gasteiger partial charge in [0.15, 0.2) is 5.69 Å². The number of aromatic nitrogens is 2. The minimum atomic E-state index is -0.0690. The molecule has 1 aliphatic heterocycles. The first-order valence-electron chi connectivity index (χ1n) is 6.52. The second kappa shape index (κ2) is 6.43. The highest BCUT2D eigenvalue weighted by Gasteiger charge is 2.24. The van der Waals surface area contributed by atoms with Gasteiger partial charge in [-0.3, -0.25) is 4.79 Å². The summed E-state index contributed by atoms with van der Waals surface area (Å²) in [6.07, 6.45) is 2.23. The van der Waals surface area contributed by atoms with Crippen LogP contribution in [0.2, 0.25) is 0 Å². The lowest BCUT2D eigenvalue weighted by atomic mass is 10.2. The number of nitrogens with zero attached hydrogens (tertiary/aromatic N) is 3. The van der Waals surface area contributed by atoms with Gasteiger partial charge in [-0.25, -0.2) is 0 Å². The molecular weight excluding hydrogens is 294 g/mol. The highest BCUT2D eigenvalue weighted by molar-refractivity contribution is 7.08. The second-order valence-corrected chi connectivity index (χ2v) is 6.13. The van der Waals surface area contributed by atoms with E-state index in [1.807, 2.05) is 16.3 Å². The van der Waals surface area contributed by atoms with E-state index in [2.05, 4.69) is 15.0 Å². The molecule has 1 atom stereocenters. The number of amides is 1. The molecule has 1 saturated heterocycles. The molecule has 0 aromatic carbocycles. The maximum Gasteiger partial charge on any atom is 0.275 e. The minimum absolute atomic E-state index is 0.0690. The van der Waals surface area contributed by atoms with Crippen LogP contribution < -0.4 is 0 Å².